The molecule has 78 valence electrons. The molecule has 0 fully saturated rings. The minimum atomic E-state index is 0.307. The van der Waals surface area contributed by atoms with Crippen LogP contribution in [0, 0.1) is 0 Å². The highest BCUT2D eigenvalue weighted by molar-refractivity contribution is 6.43. The Bertz CT molecular complexity index is 481. The fourth-order valence-electron chi connectivity index (χ4n) is 1.16. The van der Waals surface area contributed by atoms with Gasteiger partial charge in [-0.2, -0.15) is 0 Å². The maximum atomic E-state index is 6.02. The van der Waals surface area contributed by atoms with Crippen LogP contribution in [0.1, 0.15) is 5.69 Å². The average molecular weight is 263 g/mol. The third kappa shape index (κ3) is 2.12. The van der Waals surface area contributed by atoms with Gasteiger partial charge in [0, 0.05) is 0 Å². The zero-order valence-corrected chi connectivity index (χ0v) is 9.77. The molecule has 2 nitrogen and oxygen atoms in total. The number of hydrogen-bond donors (Lipinski definition) is 0. The van der Waals surface area contributed by atoms with Gasteiger partial charge in [-0.15, -0.1) is 11.6 Å². The summed E-state index contributed by atoms with van der Waals surface area (Å²) in [5, 5.41) is 0.905. The van der Waals surface area contributed by atoms with Gasteiger partial charge >= 0.3 is 0 Å². The van der Waals surface area contributed by atoms with E-state index in [1.54, 1.807) is 18.2 Å². The lowest BCUT2D eigenvalue weighted by atomic mass is 10.2. The molecule has 0 bridgehead atoms. The summed E-state index contributed by atoms with van der Waals surface area (Å²) in [6.07, 6.45) is 1.50. The summed E-state index contributed by atoms with van der Waals surface area (Å²) in [4.78, 5) is 4.16. The van der Waals surface area contributed by atoms with E-state index in [0.717, 1.165) is 0 Å². The second-order valence-electron chi connectivity index (χ2n) is 2.88. The molecule has 0 aliphatic heterocycles. The summed E-state index contributed by atoms with van der Waals surface area (Å²) in [7, 11) is 0. The van der Waals surface area contributed by atoms with Gasteiger partial charge in [0.15, 0.2) is 0 Å². The van der Waals surface area contributed by atoms with Gasteiger partial charge in [-0.25, -0.2) is 4.98 Å². The van der Waals surface area contributed by atoms with Crippen LogP contribution in [0.4, 0.5) is 0 Å². The molecule has 0 aliphatic carbocycles. The SMILES string of the molecule is ClCc1coc(-c2cccc(Cl)c2Cl)n1. The highest BCUT2D eigenvalue weighted by Gasteiger charge is 2.11. The van der Waals surface area contributed by atoms with Gasteiger partial charge in [0.25, 0.3) is 0 Å². The van der Waals surface area contributed by atoms with Crippen LogP contribution in [0.25, 0.3) is 11.5 Å². The standard InChI is InChI=1S/C10H6Cl3NO/c11-4-6-5-15-10(14-6)7-2-1-3-8(12)9(7)13/h1-3,5H,4H2. The van der Waals surface area contributed by atoms with E-state index in [-0.39, 0.29) is 0 Å². The Kier molecular flexibility index (Phi) is 3.19. The first-order valence-corrected chi connectivity index (χ1v) is 5.46. The van der Waals surface area contributed by atoms with E-state index in [4.69, 9.17) is 39.2 Å². The summed E-state index contributed by atoms with van der Waals surface area (Å²) in [5.74, 6) is 0.736. The number of halogens is 3. The minimum absolute atomic E-state index is 0.307. The lowest BCUT2D eigenvalue weighted by molar-refractivity contribution is 0.573. The van der Waals surface area contributed by atoms with Crippen molar-refractivity contribution >= 4 is 34.8 Å². The summed E-state index contributed by atoms with van der Waals surface area (Å²) in [6.45, 7) is 0. The Hall–Kier alpha value is -0.700. The first-order valence-electron chi connectivity index (χ1n) is 4.17. The van der Waals surface area contributed by atoms with Gasteiger partial charge in [-0.05, 0) is 12.1 Å². The van der Waals surface area contributed by atoms with Gasteiger partial charge in [0.2, 0.25) is 5.89 Å². The molecule has 0 saturated heterocycles. The molecule has 0 saturated carbocycles. The van der Waals surface area contributed by atoms with Crippen molar-refractivity contribution in [2.75, 3.05) is 0 Å². The largest absolute Gasteiger partial charge is 0.444 e. The highest BCUT2D eigenvalue weighted by Crippen LogP contribution is 2.32. The van der Waals surface area contributed by atoms with Crippen molar-refractivity contribution in [2.24, 2.45) is 0 Å². The molecule has 0 unspecified atom stereocenters. The number of aromatic nitrogens is 1. The average Bonchev–Trinajstić information content (AvgIpc) is 2.70. The summed E-state index contributed by atoms with van der Waals surface area (Å²) in [5.41, 5.74) is 1.34. The normalized spacial score (nSPS) is 10.6. The Labute approximate surface area is 102 Å². The van der Waals surface area contributed by atoms with E-state index >= 15 is 0 Å². The minimum Gasteiger partial charge on any atom is -0.444 e. The summed E-state index contributed by atoms with van der Waals surface area (Å²) < 4.78 is 5.24. The van der Waals surface area contributed by atoms with Gasteiger partial charge in [0.05, 0.1) is 27.2 Å². The fraction of sp³-hybridized carbons (Fsp3) is 0.100. The third-order valence-electron chi connectivity index (χ3n) is 1.87. The molecule has 0 N–H and O–H groups in total. The van der Waals surface area contributed by atoms with Gasteiger partial charge in [-0.1, -0.05) is 29.3 Å². The second kappa shape index (κ2) is 4.44. The van der Waals surface area contributed by atoms with Crippen LogP contribution < -0.4 is 0 Å². The lowest BCUT2D eigenvalue weighted by Gasteiger charge is -2.00. The van der Waals surface area contributed by atoms with E-state index in [1.165, 1.54) is 6.26 Å². The molecule has 0 atom stereocenters. The van der Waals surface area contributed by atoms with Crippen molar-refractivity contribution < 1.29 is 4.42 Å². The molecule has 2 aromatic rings. The van der Waals surface area contributed by atoms with E-state index < -0.39 is 0 Å². The van der Waals surface area contributed by atoms with E-state index in [9.17, 15) is 0 Å². The Morgan fingerprint density at radius 2 is 2.07 bits per heavy atom. The monoisotopic (exact) mass is 261 g/mol. The fourth-order valence-corrected chi connectivity index (χ4v) is 1.67. The number of rotatable bonds is 2. The first-order chi connectivity index (χ1) is 7.22. The molecule has 0 amide bonds. The zero-order chi connectivity index (χ0) is 10.8. The maximum absolute atomic E-state index is 6.02. The van der Waals surface area contributed by atoms with Crippen LogP contribution in [0.2, 0.25) is 10.0 Å². The zero-order valence-electron chi connectivity index (χ0n) is 7.51. The molecule has 0 aliphatic rings. The van der Waals surface area contributed by atoms with Crippen LogP contribution in [-0.2, 0) is 5.88 Å². The van der Waals surface area contributed by atoms with Crippen LogP contribution in [0.3, 0.4) is 0 Å². The number of nitrogens with zero attached hydrogens (tertiary/aromatic N) is 1. The summed E-state index contributed by atoms with van der Waals surface area (Å²) in [6, 6.07) is 5.28. The van der Waals surface area contributed by atoms with Crippen LogP contribution in [0.5, 0.6) is 0 Å². The molecule has 1 aromatic carbocycles. The second-order valence-corrected chi connectivity index (χ2v) is 3.93. The molecule has 0 spiro atoms. The predicted molar refractivity (Wildman–Crippen MR) is 61.5 cm³/mol. The van der Waals surface area contributed by atoms with Gasteiger partial charge in [0.1, 0.15) is 6.26 Å². The van der Waals surface area contributed by atoms with Crippen molar-refractivity contribution in [1.29, 1.82) is 0 Å². The highest BCUT2D eigenvalue weighted by atomic mass is 35.5. The molecule has 5 heteroatoms. The molecular formula is C10H6Cl3NO. The molecule has 1 heterocycles. The number of benzene rings is 1. The molecule has 15 heavy (non-hydrogen) atoms. The number of oxazole rings is 1. The first kappa shape index (κ1) is 10.8. The van der Waals surface area contributed by atoms with Crippen molar-refractivity contribution in [1.82, 2.24) is 4.98 Å². The van der Waals surface area contributed by atoms with E-state index in [0.29, 0.717) is 33.1 Å². The van der Waals surface area contributed by atoms with Gasteiger partial charge < -0.3 is 4.42 Å². The van der Waals surface area contributed by atoms with Crippen molar-refractivity contribution in [3.63, 3.8) is 0 Å². The Morgan fingerprint density at radius 1 is 1.27 bits per heavy atom. The third-order valence-corrected chi connectivity index (χ3v) is 2.96. The van der Waals surface area contributed by atoms with Crippen molar-refractivity contribution in [3.05, 3.63) is 40.2 Å². The van der Waals surface area contributed by atoms with Gasteiger partial charge in [-0.3, -0.25) is 0 Å². The topological polar surface area (TPSA) is 26.0 Å². The molecule has 1 aromatic heterocycles. The van der Waals surface area contributed by atoms with Crippen LogP contribution >= 0.6 is 34.8 Å². The molecule has 2 rings (SSSR count). The van der Waals surface area contributed by atoms with E-state index in [2.05, 4.69) is 4.98 Å². The maximum Gasteiger partial charge on any atom is 0.227 e. The Morgan fingerprint density at radius 3 is 2.73 bits per heavy atom. The summed E-state index contributed by atoms with van der Waals surface area (Å²) >= 11 is 17.5. The Balaban J connectivity index is 2.49. The molecular weight excluding hydrogens is 256 g/mol. The quantitative estimate of drug-likeness (QED) is 0.750. The molecule has 0 radical (unpaired) electrons. The smallest absolute Gasteiger partial charge is 0.227 e. The van der Waals surface area contributed by atoms with Crippen molar-refractivity contribution in [2.45, 2.75) is 5.88 Å². The van der Waals surface area contributed by atoms with Crippen LogP contribution in [0.15, 0.2) is 28.9 Å². The van der Waals surface area contributed by atoms with Crippen LogP contribution in [-0.4, -0.2) is 4.98 Å². The predicted octanol–water partition coefficient (Wildman–Crippen LogP) is 4.39. The number of alkyl halides is 1. The number of hydrogen-bond acceptors (Lipinski definition) is 2. The van der Waals surface area contributed by atoms with Crippen molar-refractivity contribution in [3.8, 4) is 11.5 Å². The van der Waals surface area contributed by atoms with E-state index in [1.807, 2.05) is 0 Å². The lowest BCUT2D eigenvalue weighted by Crippen LogP contribution is -1.82.